The average Bonchev–Trinajstić information content (AvgIpc) is 2.29. The normalized spacial score (nSPS) is 33.8. The molecule has 0 bridgehead atoms. The fraction of sp³-hybridized carbons (Fsp3) is 0.923. The molecule has 0 aliphatic carbocycles. The molecule has 0 aromatic carbocycles. The monoisotopic (exact) mass is 239 g/mol. The summed E-state index contributed by atoms with van der Waals surface area (Å²) in [5.41, 5.74) is 0. The molecule has 2 atom stereocenters. The summed E-state index contributed by atoms with van der Waals surface area (Å²) >= 11 is 0. The van der Waals surface area contributed by atoms with E-state index < -0.39 is 0 Å². The summed E-state index contributed by atoms with van der Waals surface area (Å²) < 4.78 is 5.76. The Hall–Kier alpha value is -0.770. The smallest absolute Gasteiger partial charge is 0.191 e. The predicted molar refractivity (Wildman–Crippen MR) is 70.3 cm³/mol. The van der Waals surface area contributed by atoms with Crippen LogP contribution in [0.25, 0.3) is 0 Å². The second-order valence-electron chi connectivity index (χ2n) is 5.32. The number of ether oxygens (including phenoxy) is 1. The molecule has 0 amide bonds. The minimum Gasteiger partial charge on any atom is -0.376 e. The maximum atomic E-state index is 5.76. The van der Waals surface area contributed by atoms with Gasteiger partial charge in [0.25, 0.3) is 0 Å². The maximum absolute atomic E-state index is 5.76. The molecular formula is C13H25N3O. The van der Waals surface area contributed by atoms with Crippen molar-refractivity contribution in [3.05, 3.63) is 0 Å². The highest BCUT2D eigenvalue weighted by Crippen LogP contribution is 2.26. The topological polar surface area (TPSA) is 45.7 Å². The Kier molecular flexibility index (Phi) is 4.66. The van der Waals surface area contributed by atoms with E-state index in [1.165, 1.54) is 19.3 Å². The van der Waals surface area contributed by atoms with Gasteiger partial charge in [0.15, 0.2) is 5.96 Å². The van der Waals surface area contributed by atoms with Crippen molar-refractivity contribution in [3.8, 4) is 0 Å². The molecule has 4 heteroatoms. The summed E-state index contributed by atoms with van der Waals surface area (Å²) in [6.07, 6.45) is 5.62. The van der Waals surface area contributed by atoms with Crippen LogP contribution < -0.4 is 10.6 Å². The largest absolute Gasteiger partial charge is 0.376 e. The summed E-state index contributed by atoms with van der Waals surface area (Å²) in [7, 11) is 0. The number of nitrogens with one attached hydrogen (secondary N) is 2. The Morgan fingerprint density at radius 3 is 2.76 bits per heavy atom. The molecule has 0 aromatic rings. The molecule has 4 nitrogen and oxygen atoms in total. The summed E-state index contributed by atoms with van der Waals surface area (Å²) in [5, 5.41) is 6.69. The first kappa shape index (κ1) is 12.7. The van der Waals surface area contributed by atoms with Gasteiger partial charge in [-0.05, 0) is 45.4 Å². The third-order valence-corrected chi connectivity index (χ3v) is 3.54. The van der Waals surface area contributed by atoms with Crippen LogP contribution in [0.5, 0.6) is 0 Å². The van der Waals surface area contributed by atoms with Crippen molar-refractivity contribution in [1.82, 2.24) is 10.6 Å². The van der Waals surface area contributed by atoms with Gasteiger partial charge in [-0.25, -0.2) is 0 Å². The highest BCUT2D eigenvalue weighted by atomic mass is 16.5. The van der Waals surface area contributed by atoms with E-state index in [0.29, 0.717) is 12.2 Å². The molecule has 2 N–H and O–H groups in total. The standard InChI is InChI=1S/C13H25N3O/c1-10-8-12(9-11(2)17-10)4-7-16-13-14-5-3-6-15-13/h10-12H,3-9H2,1-2H3,(H2,14,15,16). The lowest BCUT2D eigenvalue weighted by Crippen LogP contribution is -2.41. The number of nitrogens with zero attached hydrogens (tertiary/aromatic N) is 1. The first-order valence-corrected chi connectivity index (χ1v) is 6.91. The Bertz CT molecular complexity index is 257. The van der Waals surface area contributed by atoms with Crippen LogP contribution in [0.2, 0.25) is 0 Å². The highest BCUT2D eigenvalue weighted by Gasteiger charge is 2.23. The van der Waals surface area contributed by atoms with Crippen LogP contribution in [0.4, 0.5) is 0 Å². The van der Waals surface area contributed by atoms with Crippen LogP contribution in [-0.4, -0.2) is 37.8 Å². The van der Waals surface area contributed by atoms with Crippen LogP contribution >= 0.6 is 0 Å². The molecule has 1 saturated heterocycles. The quantitative estimate of drug-likeness (QED) is 0.785. The fourth-order valence-electron chi connectivity index (χ4n) is 2.82. The Morgan fingerprint density at radius 2 is 2.12 bits per heavy atom. The van der Waals surface area contributed by atoms with Gasteiger partial charge in [0.1, 0.15) is 0 Å². The molecule has 1 fully saturated rings. The molecule has 0 spiro atoms. The van der Waals surface area contributed by atoms with Gasteiger partial charge in [0.05, 0.1) is 12.2 Å². The Balaban J connectivity index is 1.65. The van der Waals surface area contributed by atoms with Gasteiger partial charge in [0.2, 0.25) is 0 Å². The minimum absolute atomic E-state index is 0.425. The van der Waals surface area contributed by atoms with Crippen molar-refractivity contribution in [2.24, 2.45) is 10.9 Å². The van der Waals surface area contributed by atoms with Gasteiger partial charge in [-0.2, -0.15) is 0 Å². The van der Waals surface area contributed by atoms with Crippen molar-refractivity contribution in [2.45, 2.75) is 51.7 Å². The lowest BCUT2D eigenvalue weighted by atomic mass is 9.90. The summed E-state index contributed by atoms with van der Waals surface area (Å²) in [4.78, 5) is 4.41. The number of aliphatic imine (C=N–C) groups is 1. The summed E-state index contributed by atoms with van der Waals surface area (Å²) in [6, 6.07) is 0. The van der Waals surface area contributed by atoms with Crippen LogP contribution in [0.15, 0.2) is 4.99 Å². The Morgan fingerprint density at radius 1 is 1.35 bits per heavy atom. The molecule has 2 aliphatic rings. The minimum atomic E-state index is 0.425. The molecule has 2 aliphatic heterocycles. The van der Waals surface area contributed by atoms with Crippen molar-refractivity contribution < 1.29 is 4.74 Å². The van der Waals surface area contributed by atoms with Crippen molar-refractivity contribution in [1.29, 1.82) is 0 Å². The van der Waals surface area contributed by atoms with E-state index in [4.69, 9.17) is 4.74 Å². The van der Waals surface area contributed by atoms with E-state index in [-0.39, 0.29) is 0 Å². The summed E-state index contributed by atoms with van der Waals surface area (Å²) in [5.74, 6) is 1.79. The van der Waals surface area contributed by atoms with E-state index in [1.807, 2.05) is 0 Å². The van der Waals surface area contributed by atoms with Gasteiger partial charge in [-0.15, -0.1) is 0 Å². The number of hydrogen-bond donors (Lipinski definition) is 2. The van der Waals surface area contributed by atoms with E-state index in [0.717, 1.165) is 37.9 Å². The van der Waals surface area contributed by atoms with Crippen LogP contribution in [0.3, 0.4) is 0 Å². The zero-order valence-corrected chi connectivity index (χ0v) is 11.0. The van der Waals surface area contributed by atoms with Gasteiger partial charge in [-0.3, -0.25) is 4.99 Å². The molecule has 0 saturated carbocycles. The Labute approximate surface area is 104 Å². The van der Waals surface area contributed by atoms with Crippen LogP contribution in [0, 0.1) is 5.92 Å². The molecule has 0 radical (unpaired) electrons. The molecule has 17 heavy (non-hydrogen) atoms. The van der Waals surface area contributed by atoms with Gasteiger partial charge < -0.3 is 15.4 Å². The van der Waals surface area contributed by atoms with Crippen molar-refractivity contribution >= 4 is 5.96 Å². The van der Waals surface area contributed by atoms with Gasteiger partial charge in [0, 0.05) is 19.6 Å². The zero-order chi connectivity index (χ0) is 12.1. The lowest BCUT2D eigenvalue weighted by Gasteiger charge is -2.32. The highest BCUT2D eigenvalue weighted by molar-refractivity contribution is 5.80. The zero-order valence-electron chi connectivity index (χ0n) is 11.0. The lowest BCUT2D eigenvalue weighted by molar-refractivity contribution is -0.0530. The average molecular weight is 239 g/mol. The maximum Gasteiger partial charge on any atom is 0.191 e. The first-order valence-electron chi connectivity index (χ1n) is 6.91. The fourth-order valence-corrected chi connectivity index (χ4v) is 2.82. The summed E-state index contributed by atoms with van der Waals surface area (Å²) in [6.45, 7) is 7.40. The molecule has 98 valence electrons. The SMILES string of the molecule is CC1CC(CCNC2=NCCCN2)CC(C)O1. The molecular weight excluding hydrogens is 214 g/mol. The predicted octanol–water partition coefficient (Wildman–Crippen LogP) is 1.52. The number of guanidine groups is 1. The van der Waals surface area contributed by atoms with Crippen LogP contribution in [-0.2, 0) is 4.74 Å². The molecule has 2 unspecified atom stereocenters. The van der Waals surface area contributed by atoms with E-state index in [9.17, 15) is 0 Å². The second kappa shape index (κ2) is 6.24. The van der Waals surface area contributed by atoms with Crippen molar-refractivity contribution in [3.63, 3.8) is 0 Å². The van der Waals surface area contributed by atoms with E-state index in [2.05, 4.69) is 29.5 Å². The van der Waals surface area contributed by atoms with E-state index in [1.54, 1.807) is 0 Å². The second-order valence-corrected chi connectivity index (χ2v) is 5.32. The van der Waals surface area contributed by atoms with E-state index >= 15 is 0 Å². The third-order valence-electron chi connectivity index (χ3n) is 3.54. The van der Waals surface area contributed by atoms with Crippen molar-refractivity contribution in [2.75, 3.05) is 19.6 Å². The number of rotatable bonds is 3. The molecule has 2 rings (SSSR count). The van der Waals surface area contributed by atoms with Gasteiger partial charge >= 0.3 is 0 Å². The first-order chi connectivity index (χ1) is 8.24. The van der Waals surface area contributed by atoms with Crippen LogP contribution in [0.1, 0.15) is 39.5 Å². The molecule has 0 aromatic heterocycles. The molecule has 2 heterocycles. The van der Waals surface area contributed by atoms with Gasteiger partial charge in [-0.1, -0.05) is 0 Å². The third kappa shape index (κ3) is 4.19. The number of hydrogen-bond acceptors (Lipinski definition) is 4.